The fourth-order valence-electron chi connectivity index (χ4n) is 0.998. The van der Waals surface area contributed by atoms with E-state index in [9.17, 15) is 0 Å². The molecule has 0 amide bonds. The van der Waals surface area contributed by atoms with Crippen LogP contribution in [0.25, 0.3) is 10.6 Å². The average Bonchev–Trinajstić information content (AvgIpc) is 2.71. The molecule has 0 aliphatic heterocycles. The van der Waals surface area contributed by atoms with Gasteiger partial charge in [0.15, 0.2) is 5.95 Å². The summed E-state index contributed by atoms with van der Waals surface area (Å²) in [7, 11) is 0. The molecule has 5 heteroatoms. The van der Waals surface area contributed by atoms with Crippen LogP contribution < -0.4 is 5.73 Å². The summed E-state index contributed by atoms with van der Waals surface area (Å²) in [6, 6.07) is 3.87. The largest absolute Gasteiger partial charge is 0.369 e. The summed E-state index contributed by atoms with van der Waals surface area (Å²) in [5.74, 6) is 0.391. The molecule has 13 heavy (non-hydrogen) atoms. The molecule has 2 rings (SSSR count). The highest BCUT2D eigenvalue weighted by Crippen LogP contribution is 2.25. The van der Waals surface area contributed by atoms with Crippen molar-refractivity contribution in [2.45, 2.75) is 0 Å². The highest BCUT2D eigenvalue weighted by molar-refractivity contribution is 7.13. The number of nitriles is 1. The van der Waals surface area contributed by atoms with Crippen LogP contribution >= 0.6 is 11.3 Å². The molecule has 0 unspecified atom stereocenters. The molecule has 0 spiro atoms. The quantitative estimate of drug-likeness (QED) is 0.716. The zero-order chi connectivity index (χ0) is 9.26. The summed E-state index contributed by atoms with van der Waals surface area (Å²) in [6.07, 6.45) is 1.66. The SMILES string of the molecule is N#Cc1csc(-c2cnc(N)[nH]2)c1. The highest BCUT2D eigenvalue weighted by atomic mass is 32.1. The van der Waals surface area contributed by atoms with Crippen LogP contribution in [-0.2, 0) is 0 Å². The van der Waals surface area contributed by atoms with Crippen molar-refractivity contribution in [3.05, 3.63) is 23.2 Å². The van der Waals surface area contributed by atoms with Crippen LogP contribution in [-0.4, -0.2) is 9.97 Å². The minimum atomic E-state index is 0.391. The summed E-state index contributed by atoms with van der Waals surface area (Å²) in [5.41, 5.74) is 6.94. The van der Waals surface area contributed by atoms with E-state index in [1.807, 2.05) is 0 Å². The Kier molecular flexibility index (Phi) is 1.76. The van der Waals surface area contributed by atoms with Gasteiger partial charge in [-0.05, 0) is 6.07 Å². The Morgan fingerprint density at radius 3 is 3.00 bits per heavy atom. The normalized spacial score (nSPS) is 9.77. The number of aromatic amines is 1. The van der Waals surface area contributed by atoms with Gasteiger partial charge in [-0.1, -0.05) is 0 Å². The number of anilines is 1. The van der Waals surface area contributed by atoms with Crippen LogP contribution in [0.15, 0.2) is 17.6 Å². The van der Waals surface area contributed by atoms with Crippen LogP contribution in [0.3, 0.4) is 0 Å². The van der Waals surface area contributed by atoms with Crippen molar-refractivity contribution >= 4 is 17.3 Å². The number of nitrogen functional groups attached to an aromatic ring is 1. The predicted octanol–water partition coefficient (Wildman–Crippen LogP) is 1.59. The van der Waals surface area contributed by atoms with Crippen LogP contribution in [0, 0.1) is 11.3 Å². The number of hydrogen-bond donors (Lipinski definition) is 2. The fourth-order valence-corrected chi connectivity index (χ4v) is 1.80. The van der Waals surface area contributed by atoms with Gasteiger partial charge in [0.2, 0.25) is 0 Å². The zero-order valence-corrected chi connectivity index (χ0v) is 7.43. The number of rotatable bonds is 1. The first kappa shape index (κ1) is 7.83. The van der Waals surface area contributed by atoms with E-state index in [1.54, 1.807) is 17.6 Å². The molecule has 4 nitrogen and oxygen atoms in total. The Bertz CT molecular complexity index is 462. The maximum Gasteiger partial charge on any atom is 0.197 e. The molecule has 3 N–H and O–H groups in total. The Balaban J connectivity index is 2.42. The van der Waals surface area contributed by atoms with Crippen molar-refractivity contribution in [3.8, 4) is 16.6 Å². The lowest BCUT2D eigenvalue weighted by Crippen LogP contribution is -1.84. The lowest BCUT2D eigenvalue weighted by Gasteiger charge is -1.87. The number of thiophene rings is 1. The number of hydrogen-bond acceptors (Lipinski definition) is 4. The second kappa shape index (κ2) is 2.92. The first-order valence-electron chi connectivity index (χ1n) is 3.59. The topological polar surface area (TPSA) is 78.5 Å². The van der Waals surface area contributed by atoms with E-state index in [1.165, 1.54) is 11.3 Å². The van der Waals surface area contributed by atoms with Crippen molar-refractivity contribution in [2.75, 3.05) is 5.73 Å². The average molecular weight is 190 g/mol. The number of nitrogens with one attached hydrogen (secondary N) is 1. The molecule has 0 aliphatic carbocycles. The van der Waals surface area contributed by atoms with Gasteiger partial charge in [0.25, 0.3) is 0 Å². The third-order valence-electron chi connectivity index (χ3n) is 1.59. The molecule has 2 heterocycles. The van der Waals surface area contributed by atoms with E-state index >= 15 is 0 Å². The van der Waals surface area contributed by atoms with E-state index in [0.717, 1.165) is 10.6 Å². The predicted molar refractivity (Wildman–Crippen MR) is 51.0 cm³/mol. The van der Waals surface area contributed by atoms with Crippen LogP contribution in [0.1, 0.15) is 5.56 Å². The minimum Gasteiger partial charge on any atom is -0.369 e. The summed E-state index contributed by atoms with van der Waals surface area (Å²) >= 11 is 1.49. The van der Waals surface area contributed by atoms with Crippen molar-refractivity contribution < 1.29 is 0 Å². The summed E-state index contributed by atoms with van der Waals surface area (Å²) in [6.45, 7) is 0. The number of imidazole rings is 1. The van der Waals surface area contributed by atoms with Crippen molar-refractivity contribution in [1.82, 2.24) is 9.97 Å². The molecule has 0 radical (unpaired) electrons. The highest BCUT2D eigenvalue weighted by Gasteiger charge is 2.04. The summed E-state index contributed by atoms with van der Waals surface area (Å²) in [5, 5.41) is 10.4. The Morgan fingerprint density at radius 2 is 2.46 bits per heavy atom. The van der Waals surface area contributed by atoms with E-state index < -0.39 is 0 Å². The second-order valence-electron chi connectivity index (χ2n) is 2.49. The number of nitrogens with zero attached hydrogens (tertiary/aromatic N) is 2. The van der Waals surface area contributed by atoms with E-state index in [-0.39, 0.29) is 0 Å². The maximum atomic E-state index is 8.61. The van der Waals surface area contributed by atoms with Gasteiger partial charge in [0, 0.05) is 5.38 Å². The number of H-pyrrole nitrogens is 1. The molecular formula is C8H6N4S. The van der Waals surface area contributed by atoms with Gasteiger partial charge >= 0.3 is 0 Å². The van der Waals surface area contributed by atoms with Gasteiger partial charge in [0.1, 0.15) is 6.07 Å². The molecular weight excluding hydrogens is 184 g/mol. The van der Waals surface area contributed by atoms with E-state index in [0.29, 0.717) is 11.5 Å². The molecule has 0 fully saturated rings. The lowest BCUT2D eigenvalue weighted by atomic mass is 10.3. The summed E-state index contributed by atoms with van der Waals surface area (Å²) in [4.78, 5) is 7.74. The molecule has 2 aromatic rings. The zero-order valence-electron chi connectivity index (χ0n) is 6.61. The molecule has 0 aliphatic rings. The first-order chi connectivity index (χ1) is 6.29. The third kappa shape index (κ3) is 1.39. The van der Waals surface area contributed by atoms with Crippen molar-refractivity contribution in [3.63, 3.8) is 0 Å². The van der Waals surface area contributed by atoms with Gasteiger partial charge in [0.05, 0.1) is 22.3 Å². The van der Waals surface area contributed by atoms with Crippen molar-refractivity contribution in [2.24, 2.45) is 0 Å². The van der Waals surface area contributed by atoms with Gasteiger partial charge in [-0.2, -0.15) is 5.26 Å². The van der Waals surface area contributed by atoms with Gasteiger partial charge in [-0.3, -0.25) is 0 Å². The van der Waals surface area contributed by atoms with Crippen LogP contribution in [0.4, 0.5) is 5.95 Å². The van der Waals surface area contributed by atoms with Crippen LogP contribution in [0.5, 0.6) is 0 Å². The first-order valence-corrected chi connectivity index (χ1v) is 4.47. The van der Waals surface area contributed by atoms with Gasteiger partial charge in [-0.25, -0.2) is 4.98 Å². The molecule has 64 valence electrons. The number of aromatic nitrogens is 2. The minimum absolute atomic E-state index is 0.391. The Morgan fingerprint density at radius 1 is 1.62 bits per heavy atom. The van der Waals surface area contributed by atoms with Crippen molar-refractivity contribution in [1.29, 1.82) is 5.26 Å². The summed E-state index contributed by atoms with van der Waals surface area (Å²) < 4.78 is 0. The molecule has 0 saturated heterocycles. The molecule has 0 aromatic carbocycles. The Labute approximate surface area is 78.7 Å². The third-order valence-corrected chi connectivity index (χ3v) is 2.55. The van der Waals surface area contributed by atoms with Gasteiger partial charge in [-0.15, -0.1) is 11.3 Å². The van der Waals surface area contributed by atoms with E-state index in [2.05, 4.69) is 16.0 Å². The molecule has 0 bridgehead atoms. The second-order valence-corrected chi connectivity index (χ2v) is 3.40. The van der Waals surface area contributed by atoms with Crippen LogP contribution in [0.2, 0.25) is 0 Å². The molecule has 0 atom stereocenters. The lowest BCUT2D eigenvalue weighted by molar-refractivity contribution is 1.33. The molecule has 0 saturated carbocycles. The maximum absolute atomic E-state index is 8.61. The van der Waals surface area contributed by atoms with E-state index in [4.69, 9.17) is 11.0 Å². The standard InChI is InChI=1S/C8H6N4S/c9-2-5-1-7(13-4-5)6-3-11-8(10)12-6/h1,3-4H,(H3,10,11,12). The smallest absolute Gasteiger partial charge is 0.197 e. The Hall–Kier alpha value is -1.80. The fraction of sp³-hybridized carbons (Fsp3) is 0. The number of nitrogens with two attached hydrogens (primary N) is 1. The monoisotopic (exact) mass is 190 g/mol. The molecule has 2 aromatic heterocycles. The van der Waals surface area contributed by atoms with Gasteiger partial charge < -0.3 is 10.7 Å².